The number of nitrogens with one attached hydrogen (secondary N) is 6. The summed E-state index contributed by atoms with van der Waals surface area (Å²) in [5.74, 6) is 0. The second kappa shape index (κ2) is 28.1. The number of nitrogens with zero attached hydrogens (tertiary/aromatic N) is 6. The van der Waals surface area contributed by atoms with Crippen molar-refractivity contribution >= 4 is 31.0 Å². The largest absolute Gasteiger partial charge is 2.00 e. The van der Waals surface area contributed by atoms with Gasteiger partial charge in [-0.15, -0.1) is 0 Å². The first-order valence-electron chi connectivity index (χ1n) is 13.2. The van der Waals surface area contributed by atoms with Gasteiger partial charge in [-0.25, -0.2) is 46.7 Å². The van der Waals surface area contributed by atoms with Crippen LogP contribution in [0, 0.1) is 0 Å². The van der Waals surface area contributed by atoms with Gasteiger partial charge in [0.1, 0.15) is 20.2 Å². The Morgan fingerprint density at radius 2 is 0.627 bits per heavy atom. The number of fused-ring (bicyclic) bond motifs is 1. The SMILES string of the molecule is O.O.O=S(=O)([O-])c1cccc2c(S(=O)(=O)[O-])cccc12.[Ni+2].c1c[nH]cn1.c1c[nH]cn1.c1c[nH]cn1.c1c[nH]cn1.c1c[nH]cn1.c1c[nH]cn1. The zero-order valence-electron chi connectivity index (χ0n) is 26.1. The maximum Gasteiger partial charge on any atom is 2.00 e. The number of hydrogen-bond donors (Lipinski definition) is 6. The van der Waals surface area contributed by atoms with E-state index in [0.717, 1.165) is 12.1 Å². The van der Waals surface area contributed by atoms with Crippen LogP contribution in [0.25, 0.3) is 10.8 Å². The molecule has 6 heterocycles. The van der Waals surface area contributed by atoms with Crippen molar-refractivity contribution in [3.05, 3.63) is 149 Å². The number of rotatable bonds is 2. The van der Waals surface area contributed by atoms with E-state index in [1.54, 1.807) is 112 Å². The van der Waals surface area contributed by atoms with E-state index in [9.17, 15) is 25.9 Å². The van der Waals surface area contributed by atoms with Crippen LogP contribution in [0.3, 0.4) is 0 Å². The van der Waals surface area contributed by atoms with Gasteiger partial charge in [0.25, 0.3) is 0 Å². The molecular formula is C28H34N12NiO8S2. The van der Waals surface area contributed by atoms with Crippen molar-refractivity contribution in [1.82, 2.24) is 59.8 Å². The second-order valence-electron chi connectivity index (χ2n) is 8.08. The topological polar surface area (TPSA) is 349 Å². The molecule has 0 aliphatic carbocycles. The molecular weight excluding hydrogens is 755 g/mol. The van der Waals surface area contributed by atoms with E-state index < -0.39 is 30.0 Å². The molecule has 0 spiro atoms. The first-order chi connectivity index (χ1) is 23.2. The molecule has 8 aromatic rings. The first kappa shape index (κ1) is 47.3. The van der Waals surface area contributed by atoms with Gasteiger partial charge in [0.05, 0.1) is 47.8 Å². The number of benzene rings is 2. The van der Waals surface area contributed by atoms with Crippen molar-refractivity contribution in [2.24, 2.45) is 0 Å². The number of imidazole rings is 6. The third-order valence-corrected chi connectivity index (χ3v) is 6.61. The summed E-state index contributed by atoms with van der Waals surface area (Å²) in [4.78, 5) is 37.4. The molecule has 0 unspecified atom stereocenters. The van der Waals surface area contributed by atoms with Crippen molar-refractivity contribution < 1.29 is 53.4 Å². The first-order valence-corrected chi connectivity index (χ1v) is 16.0. The minimum absolute atomic E-state index is 0. The van der Waals surface area contributed by atoms with E-state index in [1.807, 2.05) is 0 Å². The van der Waals surface area contributed by atoms with E-state index in [4.69, 9.17) is 0 Å². The summed E-state index contributed by atoms with van der Waals surface area (Å²) < 4.78 is 66.1. The Labute approximate surface area is 301 Å². The molecule has 23 heteroatoms. The van der Waals surface area contributed by atoms with Crippen LogP contribution in [0.15, 0.2) is 159 Å². The van der Waals surface area contributed by atoms with Crippen molar-refractivity contribution in [2.75, 3.05) is 0 Å². The van der Waals surface area contributed by atoms with Crippen LogP contribution < -0.4 is 0 Å². The summed E-state index contributed by atoms with van der Waals surface area (Å²) in [5.41, 5.74) is 0. The van der Waals surface area contributed by atoms with Crippen LogP contribution >= 0.6 is 0 Å². The van der Waals surface area contributed by atoms with E-state index in [2.05, 4.69) is 59.8 Å². The van der Waals surface area contributed by atoms with Gasteiger partial charge in [-0.2, -0.15) is 0 Å². The number of aromatic nitrogens is 12. The molecule has 8 rings (SSSR count). The van der Waals surface area contributed by atoms with Crippen LogP contribution in [0.4, 0.5) is 0 Å². The van der Waals surface area contributed by atoms with Gasteiger partial charge < -0.3 is 50.0 Å². The molecule has 10 N–H and O–H groups in total. The molecule has 0 aliphatic rings. The Morgan fingerprint density at radius 3 is 0.745 bits per heavy atom. The van der Waals surface area contributed by atoms with Gasteiger partial charge >= 0.3 is 16.5 Å². The Balaban J connectivity index is 0. The van der Waals surface area contributed by atoms with Gasteiger partial charge in [0.15, 0.2) is 0 Å². The zero-order chi connectivity index (χ0) is 34.8. The van der Waals surface area contributed by atoms with Crippen molar-refractivity contribution in [2.45, 2.75) is 9.79 Å². The normalized spacial score (nSPS) is 9.22. The van der Waals surface area contributed by atoms with E-state index in [1.165, 1.54) is 24.3 Å². The third kappa shape index (κ3) is 21.7. The summed E-state index contributed by atoms with van der Waals surface area (Å²) in [5, 5.41) is -0.158. The van der Waals surface area contributed by atoms with Gasteiger partial charge in [-0.1, -0.05) is 24.3 Å². The second-order valence-corrected chi connectivity index (χ2v) is 10.8. The fraction of sp³-hybridized carbons (Fsp3) is 0. The average molecular weight is 789 g/mol. The Bertz CT molecular complexity index is 1650. The molecule has 0 atom stereocenters. The summed E-state index contributed by atoms with van der Waals surface area (Å²) in [6.07, 6.45) is 30.5. The van der Waals surface area contributed by atoms with Crippen molar-refractivity contribution in [3.63, 3.8) is 0 Å². The molecule has 0 bridgehead atoms. The van der Waals surface area contributed by atoms with E-state index in [-0.39, 0.29) is 38.2 Å². The van der Waals surface area contributed by atoms with Crippen LogP contribution in [0.5, 0.6) is 0 Å². The Kier molecular flexibility index (Phi) is 26.0. The molecule has 0 fully saturated rings. The predicted octanol–water partition coefficient (Wildman–Crippen LogP) is 1.45. The van der Waals surface area contributed by atoms with Crippen LogP contribution in [0.1, 0.15) is 0 Å². The number of H-pyrrole nitrogens is 6. The monoisotopic (exact) mass is 788 g/mol. The molecule has 0 saturated heterocycles. The minimum atomic E-state index is -4.74. The number of hydrogen-bond acceptors (Lipinski definition) is 12. The van der Waals surface area contributed by atoms with Gasteiger partial charge in [0.2, 0.25) is 0 Å². The predicted molar refractivity (Wildman–Crippen MR) is 179 cm³/mol. The third-order valence-electron chi connectivity index (χ3n) is 4.82. The van der Waals surface area contributed by atoms with Gasteiger partial charge in [-0.05, 0) is 12.1 Å². The molecule has 2 aromatic carbocycles. The smallest absolute Gasteiger partial charge is 0.744 e. The zero-order valence-corrected chi connectivity index (χ0v) is 28.7. The molecule has 51 heavy (non-hydrogen) atoms. The molecule has 6 aromatic heterocycles. The summed E-state index contributed by atoms with van der Waals surface area (Å²) in [6.45, 7) is 0. The minimum Gasteiger partial charge on any atom is -0.744 e. The maximum atomic E-state index is 11.0. The standard InChI is InChI=1S/C10H8O6S2.6C3H4N2.Ni.2H2O/c11-17(12,13)9-5-1-3-7-8(9)4-2-6-10(7)18(14,15)16;6*1-2-5-3-4-1;;;/h1-6H,(H,11,12,13)(H,14,15,16);6*1-3H,(H,4,5);;2*1H2/q;;;;;;;+2;;/p-2. The quantitative estimate of drug-likeness (QED) is 0.107. The summed E-state index contributed by atoms with van der Waals surface area (Å²) in [7, 11) is -9.48. The van der Waals surface area contributed by atoms with Crippen LogP contribution in [0.2, 0.25) is 0 Å². The fourth-order valence-electron chi connectivity index (χ4n) is 2.98. The maximum absolute atomic E-state index is 11.0. The van der Waals surface area contributed by atoms with Crippen LogP contribution in [-0.4, -0.2) is 96.7 Å². The summed E-state index contributed by atoms with van der Waals surface area (Å²) >= 11 is 0. The molecule has 0 saturated carbocycles. The van der Waals surface area contributed by atoms with Crippen LogP contribution in [-0.2, 0) is 36.7 Å². The van der Waals surface area contributed by atoms with E-state index >= 15 is 0 Å². The Hall–Kier alpha value is -5.81. The van der Waals surface area contributed by atoms with E-state index in [0.29, 0.717) is 0 Å². The number of aromatic amines is 6. The molecule has 0 radical (unpaired) electrons. The molecule has 20 nitrogen and oxygen atoms in total. The van der Waals surface area contributed by atoms with Crippen molar-refractivity contribution in [3.8, 4) is 0 Å². The van der Waals surface area contributed by atoms with Gasteiger partial charge in [0, 0.05) is 85.1 Å². The van der Waals surface area contributed by atoms with Gasteiger partial charge in [-0.3, -0.25) is 0 Å². The fourth-order valence-corrected chi connectivity index (χ4v) is 4.36. The Morgan fingerprint density at radius 1 is 0.412 bits per heavy atom. The molecule has 0 aliphatic heterocycles. The average Bonchev–Trinajstić information content (AvgIpc) is 3.95. The summed E-state index contributed by atoms with van der Waals surface area (Å²) in [6, 6.07) is 7.09. The van der Waals surface area contributed by atoms with Crippen molar-refractivity contribution in [1.29, 1.82) is 0 Å². The molecule has 276 valence electrons. The molecule has 0 amide bonds.